The van der Waals surface area contributed by atoms with E-state index in [2.05, 4.69) is 316 Å². The Balaban J connectivity index is 0.992. The largest absolute Gasteiger partial charge is 0.456 e. The van der Waals surface area contributed by atoms with Gasteiger partial charge in [-0.1, -0.05) is 182 Å². The van der Waals surface area contributed by atoms with Crippen LogP contribution < -0.4 is 26.2 Å². The van der Waals surface area contributed by atoms with Crippen molar-refractivity contribution in [3.8, 4) is 17.4 Å². The van der Waals surface area contributed by atoms with E-state index in [1.807, 2.05) is 12.1 Å². The van der Waals surface area contributed by atoms with Crippen molar-refractivity contribution in [3.63, 3.8) is 0 Å². The van der Waals surface area contributed by atoms with Gasteiger partial charge in [-0.2, -0.15) is 5.26 Å². The minimum atomic E-state index is -0.320. The summed E-state index contributed by atoms with van der Waals surface area (Å²) in [6.07, 6.45) is 0. The lowest BCUT2D eigenvalue weighted by atomic mass is 9.33. The van der Waals surface area contributed by atoms with Crippen LogP contribution in [-0.2, 0) is 27.1 Å². The quantitative estimate of drug-likeness (QED) is 0.130. The lowest BCUT2D eigenvalue weighted by molar-refractivity contribution is 0.590. The van der Waals surface area contributed by atoms with Crippen LogP contribution in [0.5, 0.6) is 0 Å². The van der Waals surface area contributed by atoms with Gasteiger partial charge in [0, 0.05) is 95.3 Å². The Hall–Kier alpha value is -10.7. The van der Waals surface area contributed by atoms with Crippen molar-refractivity contribution in [1.29, 1.82) is 5.26 Å². The predicted octanol–water partition coefficient (Wildman–Crippen LogP) is 22.7. The third-order valence-electron chi connectivity index (χ3n) is 21.1. The van der Waals surface area contributed by atoms with E-state index in [0.29, 0.717) is 11.3 Å². The second kappa shape index (κ2) is 20.4. The van der Waals surface area contributed by atoms with Crippen LogP contribution in [0.25, 0.3) is 104 Å². The van der Waals surface area contributed by atoms with Crippen LogP contribution in [0.2, 0.25) is 0 Å². The lowest BCUT2D eigenvalue weighted by Crippen LogP contribution is -2.61. The highest BCUT2D eigenvalue weighted by molar-refractivity contribution is 7.00. The molecule has 17 rings (SSSR count). The van der Waals surface area contributed by atoms with E-state index in [1.165, 1.54) is 22.2 Å². The van der Waals surface area contributed by atoms with Crippen molar-refractivity contribution in [1.82, 2.24) is 9.13 Å². The summed E-state index contributed by atoms with van der Waals surface area (Å²) >= 11 is 0. The zero-order valence-corrected chi connectivity index (χ0v) is 58.1. The number of hydrogen-bond donors (Lipinski definition) is 0. The van der Waals surface area contributed by atoms with E-state index in [-0.39, 0.29) is 33.8 Å². The molecule has 0 spiro atoms. The maximum absolute atomic E-state index is 11.4. The molecule has 474 valence electrons. The molecule has 2 aliphatic heterocycles. The van der Waals surface area contributed by atoms with Gasteiger partial charge in [0.25, 0.3) is 6.71 Å². The van der Waals surface area contributed by atoms with E-state index in [0.717, 1.165) is 155 Å². The molecule has 6 heterocycles. The van der Waals surface area contributed by atoms with Crippen LogP contribution in [0.3, 0.4) is 0 Å². The van der Waals surface area contributed by atoms with Crippen LogP contribution in [0.4, 0.5) is 39.8 Å². The van der Waals surface area contributed by atoms with E-state index in [9.17, 15) is 5.26 Å². The molecule has 2 aliphatic rings. The number of rotatable bonds is 4. The predicted molar refractivity (Wildman–Crippen MR) is 408 cm³/mol. The molecule has 0 amide bonds. The molecular weight excluding hydrogens is 1180 g/mol. The van der Waals surface area contributed by atoms with Gasteiger partial charge in [-0.3, -0.25) is 0 Å². The summed E-state index contributed by atoms with van der Waals surface area (Å²) in [4.78, 5) is 9.37. The van der Waals surface area contributed by atoms with E-state index in [1.54, 1.807) is 0 Å². The number of nitriles is 1. The molecular formula is C88H77BN6O2. The Kier molecular flexibility index (Phi) is 12.6. The number of anilines is 6. The Morgan fingerprint density at radius 2 is 0.763 bits per heavy atom. The van der Waals surface area contributed by atoms with Crippen LogP contribution >= 0.6 is 0 Å². The number of nitrogens with zero attached hydrogens (tertiary/aromatic N) is 6. The van der Waals surface area contributed by atoms with Gasteiger partial charge in [-0.05, 0) is 180 Å². The fourth-order valence-corrected chi connectivity index (χ4v) is 15.7. The molecule has 0 atom stereocenters. The van der Waals surface area contributed by atoms with Crippen molar-refractivity contribution in [2.45, 2.75) is 131 Å². The van der Waals surface area contributed by atoms with Crippen LogP contribution in [0.15, 0.2) is 203 Å². The summed E-state index contributed by atoms with van der Waals surface area (Å²) in [5, 5.41) is 20.0. The molecule has 0 saturated heterocycles. The van der Waals surface area contributed by atoms with Crippen molar-refractivity contribution < 1.29 is 8.83 Å². The van der Waals surface area contributed by atoms with Gasteiger partial charge in [-0.25, -0.2) is 4.85 Å². The van der Waals surface area contributed by atoms with Crippen molar-refractivity contribution in [3.05, 3.63) is 239 Å². The first kappa shape index (κ1) is 60.0. The molecule has 0 N–H and O–H groups in total. The van der Waals surface area contributed by atoms with E-state index < -0.39 is 0 Å². The molecule has 9 heteroatoms. The molecule has 0 fully saturated rings. The molecule has 0 aliphatic carbocycles. The Labute approximate surface area is 567 Å². The number of hydrogen-bond acceptors (Lipinski definition) is 5. The summed E-state index contributed by atoms with van der Waals surface area (Å²) in [5.41, 5.74) is 24.8. The summed E-state index contributed by atoms with van der Waals surface area (Å²) < 4.78 is 18.3. The summed E-state index contributed by atoms with van der Waals surface area (Å²) in [6.45, 7) is 42.6. The third kappa shape index (κ3) is 9.07. The first-order chi connectivity index (χ1) is 46.1. The first-order valence-electron chi connectivity index (χ1n) is 34.1. The minimum Gasteiger partial charge on any atom is -0.456 e. The van der Waals surface area contributed by atoms with Gasteiger partial charge >= 0.3 is 0 Å². The molecule has 15 aromatic rings. The van der Waals surface area contributed by atoms with Crippen molar-refractivity contribution >= 4 is 150 Å². The van der Waals surface area contributed by atoms with E-state index >= 15 is 0 Å². The van der Waals surface area contributed by atoms with Gasteiger partial charge in [0.1, 0.15) is 28.4 Å². The number of furan rings is 2. The average Bonchev–Trinajstić information content (AvgIpc) is 0.706. The van der Waals surface area contributed by atoms with Gasteiger partial charge in [0.05, 0.1) is 34.2 Å². The topological polar surface area (TPSA) is 70.8 Å². The number of aromatic nitrogens is 2. The summed E-state index contributed by atoms with van der Waals surface area (Å²) in [6, 6.07) is 74.5. The fourth-order valence-electron chi connectivity index (χ4n) is 15.7. The Morgan fingerprint density at radius 1 is 0.361 bits per heavy atom. The molecule has 97 heavy (non-hydrogen) atoms. The van der Waals surface area contributed by atoms with Crippen molar-refractivity contribution in [2.24, 2.45) is 0 Å². The van der Waals surface area contributed by atoms with Gasteiger partial charge in [0.2, 0.25) is 5.69 Å². The Bertz CT molecular complexity index is 5680. The highest BCUT2D eigenvalue weighted by atomic mass is 16.3. The smallest absolute Gasteiger partial charge is 0.252 e. The monoisotopic (exact) mass is 1260 g/mol. The minimum absolute atomic E-state index is 0.111. The molecule has 0 bridgehead atoms. The number of benzene rings is 11. The fraction of sp³-hybridized carbons (Fsp3) is 0.227. The SMILES string of the molecule is [C-]#[N+]c1cc(C(C)(C)C)cc2c3cc(C(C)(C)C)ccc3n(-c3ccc4c(c3)N(c3ccc5c(c3)oc3ccccc35)c3cc(C(C)(C)C)cc5c3B4c3ccc(-n4c6ccc(C(C)(C)C)cc6c6cc(C(C)(C)C)cc(C#N)c64)cc3N5c3ccc4c(c3)oc3ccccc34)c12. The van der Waals surface area contributed by atoms with Gasteiger partial charge < -0.3 is 27.8 Å². The molecule has 0 saturated carbocycles. The highest BCUT2D eigenvalue weighted by Crippen LogP contribution is 2.51. The van der Waals surface area contributed by atoms with Crippen LogP contribution in [0, 0.1) is 17.9 Å². The van der Waals surface area contributed by atoms with Gasteiger partial charge in [-0.15, -0.1) is 0 Å². The zero-order chi connectivity index (χ0) is 67.5. The first-order valence-corrected chi connectivity index (χ1v) is 34.1. The lowest BCUT2D eigenvalue weighted by Gasteiger charge is -2.45. The van der Waals surface area contributed by atoms with Crippen LogP contribution in [-0.4, -0.2) is 15.8 Å². The van der Waals surface area contributed by atoms with Gasteiger partial charge in [0.15, 0.2) is 0 Å². The number of fused-ring (bicyclic) bond motifs is 16. The normalized spacial score (nSPS) is 13.6. The highest BCUT2D eigenvalue weighted by Gasteiger charge is 2.45. The maximum Gasteiger partial charge on any atom is 0.252 e. The maximum atomic E-state index is 11.4. The average molecular weight is 1260 g/mol. The molecule has 11 aromatic carbocycles. The van der Waals surface area contributed by atoms with Crippen molar-refractivity contribution in [2.75, 3.05) is 9.80 Å². The summed E-state index contributed by atoms with van der Waals surface area (Å²) in [7, 11) is 0. The van der Waals surface area contributed by atoms with Crippen LogP contribution in [0.1, 0.15) is 137 Å². The molecule has 8 nitrogen and oxygen atoms in total. The second-order valence-electron chi connectivity index (χ2n) is 32.5. The number of para-hydroxylation sites is 2. The Morgan fingerprint density at radius 3 is 1.22 bits per heavy atom. The second-order valence-corrected chi connectivity index (χ2v) is 32.5. The van der Waals surface area contributed by atoms with E-state index in [4.69, 9.17) is 15.4 Å². The molecule has 0 unspecified atom stereocenters. The molecule has 0 radical (unpaired) electrons. The summed E-state index contributed by atoms with van der Waals surface area (Å²) in [5.74, 6) is 0. The standard InChI is InChI=1S/C88H77BN6O2/c1-84(2,3)51-25-35-71-64(38-51)66-40-53(86(7,8)9)37-50(49-90)82(66)94(71)56-29-33-68-73(45-56)92(58-27-31-62-60-21-17-19-23-77(60)96-79(62)47-58)75-43-55(88(13,14)15)44-76-81(75)89(68)69-34-30-57(46-74(69)93(76)59-28-32-63-61-22-18-20-24-78(61)97-80(63)48-59)95-72-36-26-52(85(4,5)6)39-65(72)67-41-54(87(10,11)12)42-70(91-16)83(67)95/h17-48H,1-15H3. The molecule has 4 aromatic heterocycles. The third-order valence-corrected chi connectivity index (χ3v) is 21.1. The zero-order valence-electron chi connectivity index (χ0n) is 58.1.